The van der Waals surface area contributed by atoms with Gasteiger partial charge >= 0.3 is 0 Å². The van der Waals surface area contributed by atoms with Crippen molar-refractivity contribution in [3.05, 3.63) is 75.3 Å². The molecule has 182 valence electrons. The fourth-order valence-electron chi connectivity index (χ4n) is 3.85. The maximum Gasteiger partial charge on any atom is 0.279 e. The summed E-state index contributed by atoms with van der Waals surface area (Å²) in [6, 6.07) is 11.1. The van der Waals surface area contributed by atoms with E-state index >= 15 is 0 Å². The van der Waals surface area contributed by atoms with E-state index in [1.807, 2.05) is 0 Å². The first kappa shape index (κ1) is 24.3. The molecule has 1 aliphatic rings. The van der Waals surface area contributed by atoms with Crippen LogP contribution in [0.5, 0.6) is 11.5 Å². The van der Waals surface area contributed by atoms with Crippen molar-refractivity contribution in [2.75, 3.05) is 19.0 Å². The lowest BCUT2D eigenvalue weighted by Gasteiger charge is -2.28. The van der Waals surface area contributed by atoms with Crippen LogP contribution < -0.4 is 26.1 Å². The highest BCUT2D eigenvalue weighted by Gasteiger charge is 2.32. The number of anilines is 1. The van der Waals surface area contributed by atoms with Crippen molar-refractivity contribution in [3.63, 3.8) is 0 Å². The quantitative estimate of drug-likeness (QED) is 0.361. The molecule has 35 heavy (non-hydrogen) atoms. The number of hydrogen-bond acceptors (Lipinski definition) is 7. The van der Waals surface area contributed by atoms with Crippen molar-refractivity contribution in [1.82, 2.24) is 9.55 Å². The lowest BCUT2D eigenvalue weighted by atomic mass is 9.86. The Morgan fingerprint density at radius 1 is 1.23 bits per heavy atom. The molecular weight excluding hydrogens is 475 g/mol. The number of halogens is 1. The third-order valence-corrected chi connectivity index (χ3v) is 6.64. The summed E-state index contributed by atoms with van der Waals surface area (Å²) in [6.07, 6.45) is 0.0522. The minimum atomic E-state index is -0.628. The average Bonchev–Trinajstić information content (AvgIpc) is 2.84. The molecule has 2 heterocycles. The van der Waals surface area contributed by atoms with Gasteiger partial charge in [0.15, 0.2) is 23.3 Å². The maximum absolute atomic E-state index is 13.2. The van der Waals surface area contributed by atoms with E-state index in [-0.39, 0.29) is 24.8 Å². The van der Waals surface area contributed by atoms with Gasteiger partial charge in [-0.1, -0.05) is 30.0 Å². The molecule has 9 nitrogen and oxygen atoms in total. The Bertz CT molecular complexity index is 1340. The molecule has 3 aromatic rings. The molecule has 0 unspecified atom stereocenters. The lowest BCUT2D eigenvalue weighted by Crippen LogP contribution is -2.33. The Kier molecular flexibility index (Phi) is 7.06. The number of thioether (sulfide) groups is 1. The third kappa shape index (κ3) is 5.29. The second kappa shape index (κ2) is 10.2. The molecule has 1 atom stereocenters. The van der Waals surface area contributed by atoms with Gasteiger partial charge in [-0.15, -0.1) is 0 Å². The van der Waals surface area contributed by atoms with Gasteiger partial charge in [-0.05, 0) is 35.4 Å². The molecule has 0 saturated heterocycles. The fourth-order valence-corrected chi connectivity index (χ4v) is 4.77. The number of carbonyl (C=O) groups excluding carboxylic acids is 2. The number of methoxy groups -OCH3 is 1. The smallest absolute Gasteiger partial charge is 0.279 e. The molecule has 2 aromatic carbocycles. The Morgan fingerprint density at radius 2 is 1.97 bits per heavy atom. The molecule has 1 aliphatic heterocycles. The first-order valence-electron chi connectivity index (χ1n) is 10.6. The standard InChI is InChI=1S/C24H23FN4O5S/c1-29-22-21(23(32)28-24(29)35-12-13-3-6-15(25)7-4-13)16(10-20(31)27-22)14-5-8-17(18(9-14)33-2)34-11-19(26)30/h3-9,16H,10-12H2,1-2H3,(H2,26,30)(H,27,31)/t16-/m0/s1. The van der Waals surface area contributed by atoms with Crippen LogP contribution in [0.1, 0.15) is 29.0 Å². The van der Waals surface area contributed by atoms with Gasteiger partial charge in [0.05, 0.1) is 12.7 Å². The Morgan fingerprint density at radius 3 is 2.66 bits per heavy atom. The molecule has 0 bridgehead atoms. The van der Waals surface area contributed by atoms with Crippen molar-refractivity contribution in [2.45, 2.75) is 23.2 Å². The SMILES string of the molecule is COc1cc([C@@H]2CC(=O)Nc3c2c(=O)nc(SCc2ccc(F)cc2)n3C)ccc1OCC(N)=O. The Balaban J connectivity index is 1.67. The Labute approximate surface area is 204 Å². The molecule has 2 amide bonds. The molecule has 0 spiro atoms. The third-order valence-electron chi connectivity index (χ3n) is 5.54. The highest BCUT2D eigenvalue weighted by atomic mass is 32.2. The molecule has 0 fully saturated rings. The minimum Gasteiger partial charge on any atom is -0.493 e. The van der Waals surface area contributed by atoms with Gasteiger partial charge in [-0.2, -0.15) is 4.98 Å². The van der Waals surface area contributed by atoms with Gasteiger partial charge in [0.1, 0.15) is 11.6 Å². The monoisotopic (exact) mass is 498 g/mol. The number of ether oxygens (including phenoxy) is 2. The number of benzene rings is 2. The molecule has 0 radical (unpaired) electrons. The summed E-state index contributed by atoms with van der Waals surface area (Å²) in [5, 5.41) is 3.22. The first-order valence-corrected chi connectivity index (χ1v) is 11.6. The van der Waals surface area contributed by atoms with Crippen molar-refractivity contribution < 1.29 is 23.5 Å². The van der Waals surface area contributed by atoms with E-state index in [1.54, 1.807) is 41.9 Å². The number of primary amides is 1. The zero-order chi connectivity index (χ0) is 25.1. The number of rotatable bonds is 8. The summed E-state index contributed by atoms with van der Waals surface area (Å²) in [5.41, 5.74) is 6.59. The van der Waals surface area contributed by atoms with Crippen LogP contribution in [0.4, 0.5) is 10.2 Å². The number of amides is 2. The number of fused-ring (bicyclic) bond motifs is 1. The van der Waals surface area contributed by atoms with E-state index in [0.717, 1.165) is 5.56 Å². The summed E-state index contributed by atoms with van der Waals surface area (Å²) >= 11 is 1.31. The van der Waals surface area contributed by atoms with Crippen LogP contribution in [0.2, 0.25) is 0 Å². The van der Waals surface area contributed by atoms with Crippen molar-refractivity contribution in [3.8, 4) is 11.5 Å². The lowest BCUT2D eigenvalue weighted by molar-refractivity contribution is -0.120. The van der Waals surface area contributed by atoms with E-state index in [9.17, 15) is 18.8 Å². The van der Waals surface area contributed by atoms with Crippen LogP contribution in [0.25, 0.3) is 0 Å². The second-order valence-electron chi connectivity index (χ2n) is 7.91. The second-order valence-corrected chi connectivity index (χ2v) is 8.85. The van der Waals surface area contributed by atoms with Crippen LogP contribution >= 0.6 is 11.8 Å². The van der Waals surface area contributed by atoms with E-state index in [2.05, 4.69) is 10.3 Å². The number of carbonyl (C=O) groups is 2. The summed E-state index contributed by atoms with van der Waals surface area (Å²) in [6.45, 7) is -0.312. The highest BCUT2D eigenvalue weighted by Crippen LogP contribution is 2.39. The predicted molar refractivity (Wildman–Crippen MR) is 128 cm³/mol. The minimum absolute atomic E-state index is 0.0522. The fraction of sp³-hybridized carbons (Fsp3) is 0.250. The van der Waals surface area contributed by atoms with Crippen LogP contribution in [0.15, 0.2) is 52.4 Å². The molecule has 11 heteroatoms. The summed E-state index contributed by atoms with van der Waals surface area (Å²) in [5.74, 6) is -0.248. The summed E-state index contributed by atoms with van der Waals surface area (Å²) < 4.78 is 25.6. The molecular formula is C24H23FN4O5S. The van der Waals surface area contributed by atoms with Crippen molar-refractivity contribution in [2.24, 2.45) is 12.8 Å². The summed E-state index contributed by atoms with van der Waals surface area (Å²) in [7, 11) is 3.17. The zero-order valence-corrected chi connectivity index (χ0v) is 19.9. The molecule has 3 N–H and O–H groups in total. The number of nitrogens with zero attached hydrogens (tertiary/aromatic N) is 2. The van der Waals surface area contributed by atoms with E-state index < -0.39 is 17.4 Å². The van der Waals surface area contributed by atoms with Crippen LogP contribution in [0.3, 0.4) is 0 Å². The molecule has 4 rings (SSSR count). The molecule has 0 aliphatic carbocycles. The van der Waals surface area contributed by atoms with Crippen molar-refractivity contribution in [1.29, 1.82) is 0 Å². The first-order chi connectivity index (χ1) is 16.8. The number of nitrogens with two attached hydrogens (primary N) is 1. The van der Waals surface area contributed by atoms with Crippen LogP contribution in [-0.4, -0.2) is 35.1 Å². The van der Waals surface area contributed by atoms with Crippen LogP contribution in [-0.2, 0) is 22.4 Å². The van der Waals surface area contributed by atoms with Crippen LogP contribution in [0, 0.1) is 5.82 Å². The largest absolute Gasteiger partial charge is 0.493 e. The molecule has 1 aromatic heterocycles. The Hall–Kier alpha value is -3.86. The van der Waals surface area contributed by atoms with E-state index in [4.69, 9.17) is 15.2 Å². The number of nitrogens with one attached hydrogen (secondary N) is 1. The van der Waals surface area contributed by atoms with E-state index in [1.165, 1.54) is 31.0 Å². The number of aromatic nitrogens is 2. The van der Waals surface area contributed by atoms with Gasteiger partial charge in [-0.25, -0.2) is 4.39 Å². The molecule has 0 saturated carbocycles. The van der Waals surface area contributed by atoms with Gasteiger partial charge < -0.3 is 25.1 Å². The van der Waals surface area contributed by atoms with Gasteiger partial charge in [0.2, 0.25) is 5.91 Å². The van der Waals surface area contributed by atoms with Gasteiger partial charge in [-0.3, -0.25) is 14.4 Å². The number of hydrogen-bond donors (Lipinski definition) is 2. The zero-order valence-electron chi connectivity index (χ0n) is 19.0. The maximum atomic E-state index is 13.2. The average molecular weight is 499 g/mol. The van der Waals surface area contributed by atoms with Crippen molar-refractivity contribution >= 4 is 29.4 Å². The predicted octanol–water partition coefficient (Wildman–Crippen LogP) is 2.56. The van der Waals surface area contributed by atoms with E-state index in [0.29, 0.717) is 39.4 Å². The van der Waals surface area contributed by atoms with Gasteiger partial charge in [0.25, 0.3) is 11.5 Å². The highest BCUT2D eigenvalue weighted by molar-refractivity contribution is 7.98. The topological polar surface area (TPSA) is 126 Å². The summed E-state index contributed by atoms with van der Waals surface area (Å²) in [4.78, 5) is 41.0. The van der Waals surface area contributed by atoms with Gasteiger partial charge in [0, 0.05) is 25.1 Å². The normalized spacial score (nSPS) is 14.7.